The smallest absolute Gasteiger partial charge is 0.255 e. The zero-order valence-electron chi connectivity index (χ0n) is 17.5. The third kappa shape index (κ3) is 5.14. The molecule has 160 valence electrons. The van der Waals surface area contributed by atoms with E-state index in [1.165, 1.54) is 6.42 Å². The number of nitrogens with one attached hydrogen (secondary N) is 1. The standard InChI is InChI=1S/C25H26N2O3S/c1-19-14-15-27(17-19)23-12-10-22(11-13-23)26-25(28)21-7-5-6-20(16-21)18-31(29,30)24-8-3-2-4-9-24/h2-13,16,19H,14-15,17-18H2,1H3,(H,26,28). The van der Waals surface area contributed by atoms with E-state index in [1.807, 2.05) is 24.3 Å². The Hall–Kier alpha value is -3.12. The molecule has 1 heterocycles. The summed E-state index contributed by atoms with van der Waals surface area (Å²) in [7, 11) is -3.47. The van der Waals surface area contributed by atoms with Crippen LogP contribution in [-0.2, 0) is 15.6 Å². The van der Waals surface area contributed by atoms with Gasteiger partial charge >= 0.3 is 0 Å². The van der Waals surface area contributed by atoms with Crippen molar-refractivity contribution in [2.45, 2.75) is 24.0 Å². The first-order chi connectivity index (χ1) is 14.9. The second-order valence-electron chi connectivity index (χ2n) is 8.11. The van der Waals surface area contributed by atoms with Crippen LogP contribution in [0.5, 0.6) is 0 Å². The Morgan fingerprint density at radius 3 is 2.42 bits per heavy atom. The number of nitrogens with zero attached hydrogens (tertiary/aromatic N) is 1. The molecular formula is C25H26N2O3S. The summed E-state index contributed by atoms with van der Waals surface area (Å²) < 4.78 is 25.3. The lowest BCUT2D eigenvalue weighted by atomic mass is 10.1. The van der Waals surface area contributed by atoms with Gasteiger partial charge in [-0.1, -0.05) is 37.3 Å². The van der Waals surface area contributed by atoms with E-state index in [0.717, 1.165) is 18.8 Å². The minimum Gasteiger partial charge on any atom is -0.371 e. The van der Waals surface area contributed by atoms with Crippen molar-refractivity contribution < 1.29 is 13.2 Å². The number of hydrogen-bond acceptors (Lipinski definition) is 4. The van der Waals surface area contributed by atoms with Crippen LogP contribution in [0.3, 0.4) is 0 Å². The van der Waals surface area contributed by atoms with Crippen LogP contribution in [0.25, 0.3) is 0 Å². The van der Waals surface area contributed by atoms with Gasteiger partial charge in [0.1, 0.15) is 0 Å². The molecule has 1 N–H and O–H groups in total. The third-order valence-corrected chi connectivity index (χ3v) is 7.27. The van der Waals surface area contributed by atoms with Gasteiger partial charge in [0.15, 0.2) is 9.84 Å². The van der Waals surface area contributed by atoms with Crippen LogP contribution in [0.15, 0.2) is 83.8 Å². The average Bonchev–Trinajstić information content (AvgIpc) is 3.21. The van der Waals surface area contributed by atoms with Crippen LogP contribution < -0.4 is 10.2 Å². The van der Waals surface area contributed by atoms with Gasteiger partial charge in [-0.3, -0.25) is 4.79 Å². The molecule has 1 aliphatic heterocycles. The third-order valence-electron chi connectivity index (χ3n) is 5.56. The first-order valence-electron chi connectivity index (χ1n) is 10.4. The van der Waals surface area contributed by atoms with Crippen molar-refractivity contribution in [1.82, 2.24) is 0 Å². The number of sulfone groups is 1. The molecule has 0 radical (unpaired) electrons. The number of anilines is 2. The lowest BCUT2D eigenvalue weighted by Crippen LogP contribution is -2.19. The minimum atomic E-state index is -3.47. The summed E-state index contributed by atoms with van der Waals surface area (Å²) in [6.07, 6.45) is 1.20. The Labute approximate surface area is 183 Å². The van der Waals surface area contributed by atoms with Crippen molar-refractivity contribution in [2.24, 2.45) is 5.92 Å². The van der Waals surface area contributed by atoms with Crippen molar-refractivity contribution >= 4 is 27.1 Å². The van der Waals surface area contributed by atoms with E-state index in [4.69, 9.17) is 0 Å². The van der Waals surface area contributed by atoms with E-state index in [9.17, 15) is 13.2 Å². The molecule has 0 aliphatic carbocycles. The normalized spacial score (nSPS) is 16.3. The molecule has 3 aromatic rings. The monoisotopic (exact) mass is 434 g/mol. The highest BCUT2D eigenvalue weighted by Crippen LogP contribution is 2.25. The summed E-state index contributed by atoms with van der Waals surface area (Å²) in [6.45, 7) is 4.38. The minimum absolute atomic E-state index is 0.152. The largest absolute Gasteiger partial charge is 0.371 e. The van der Waals surface area contributed by atoms with Crippen molar-refractivity contribution in [3.05, 3.63) is 90.0 Å². The van der Waals surface area contributed by atoms with Gasteiger partial charge in [0.05, 0.1) is 10.6 Å². The SMILES string of the molecule is CC1CCN(c2ccc(NC(=O)c3cccc(CS(=O)(=O)c4ccccc4)c3)cc2)C1. The van der Waals surface area contributed by atoms with Crippen LogP contribution in [0.1, 0.15) is 29.3 Å². The van der Waals surface area contributed by atoms with Gasteiger partial charge in [0.2, 0.25) is 0 Å². The Balaban J connectivity index is 1.43. The molecule has 1 amide bonds. The molecule has 1 aliphatic rings. The van der Waals surface area contributed by atoms with Crippen LogP contribution in [-0.4, -0.2) is 27.4 Å². The van der Waals surface area contributed by atoms with Gasteiger partial charge in [-0.05, 0) is 66.4 Å². The zero-order valence-corrected chi connectivity index (χ0v) is 18.3. The summed E-state index contributed by atoms with van der Waals surface area (Å²) >= 11 is 0. The molecule has 0 aromatic heterocycles. The Morgan fingerprint density at radius 1 is 1.00 bits per heavy atom. The lowest BCUT2D eigenvalue weighted by Gasteiger charge is -2.18. The maximum absolute atomic E-state index is 12.7. The van der Waals surface area contributed by atoms with E-state index in [0.29, 0.717) is 22.7 Å². The van der Waals surface area contributed by atoms with Crippen molar-refractivity contribution in [3.8, 4) is 0 Å². The van der Waals surface area contributed by atoms with Crippen LogP contribution in [0, 0.1) is 5.92 Å². The van der Waals surface area contributed by atoms with E-state index < -0.39 is 9.84 Å². The number of hydrogen-bond donors (Lipinski definition) is 1. The van der Waals surface area contributed by atoms with Crippen LogP contribution in [0.2, 0.25) is 0 Å². The molecule has 6 heteroatoms. The second kappa shape index (κ2) is 8.94. The molecule has 1 unspecified atom stereocenters. The molecule has 3 aromatic carbocycles. The van der Waals surface area contributed by atoms with E-state index in [2.05, 4.69) is 17.1 Å². The predicted molar refractivity (Wildman–Crippen MR) is 124 cm³/mol. The highest BCUT2D eigenvalue weighted by Gasteiger charge is 2.19. The predicted octanol–water partition coefficient (Wildman–Crippen LogP) is 4.76. The molecule has 5 nitrogen and oxygen atoms in total. The molecule has 31 heavy (non-hydrogen) atoms. The Morgan fingerprint density at radius 2 is 1.74 bits per heavy atom. The molecule has 0 spiro atoms. The van der Waals surface area contributed by atoms with Crippen molar-refractivity contribution in [2.75, 3.05) is 23.3 Å². The molecular weight excluding hydrogens is 408 g/mol. The summed E-state index contributed by atoms with van der Waals surface area (Å²) in [4.78, 5) is 15.3. The van der Waals surface area contributed by atoms with Gasteiger partial charge in [0.25, 0.3) is 5.91 Å². The van der Waals surface area contributed by atoms with E-state index in [1.54, 1.807) is 54.6 Å². The summed E-state index contributed by atoms with van der Waals surface area (Å²) in [5.41, 5.74) is 2.88. The molecule has 0 bridgehead atoms. The first kappa shape index (κ1) is 21.1. The highest BCUT2D eigenvalue weighted by atomic mass is 32.2. The second-order valence-corrected chi connectivity index (χ2v) is 10.1. The van der Waals surface area contributed by atoms with Gasteiger partial charge in [-0.15, -0.1) is 0 Å². The van der Waals surface area contributed by atoms with Gasteiger partial charge < -0.3 is 10.2 Å². The zero-order chi connectivity index (χ0) is 21.8. The number of carbonyl (C=O) groups is 1. The molecule has 1 atom stereocenters. The number of amides is 1. The fourth-order valence-corrected chi connectivity index (χ4v) is 5.22. The highest BCUT2D eigenvalue weighted by molar-refractivity contribution is 7.90. The maximum atomic E-state index is 12.7. The summed E-state index contributed by atoms with van der Waals surface area (Å²) in [6, 6.07) is 23.0. The molecule has 0 saturated carbocycles. The van der Waals surface area contributed by atoms with Crippen molar-refractivity contribution in [3.63, 3.8) is 0 Å². The fourth-order valence-electron chi connectivity index (χ4n) is 3.86. The number of benzene rings is 3. The average molecular weight is 435 g/mol. The Bertz CT molecular complexity index is 1160. The van der Waals surface area contributed by atoms with Crippen LogP contribution in [0.4, 0.5) is 11.4 Å². The van der Waals surface area contributed by atoms with Gasteiger partial charge in [-0.25, -0.2) is 8.42 Å². The van der Waals surface area contributed by atoms with E-state index in [-0.39, 0.29) is 16.6 Å². The maximum Gasteiger partial charge on any atom is 0.255 e. The Kier molecular flexibility index (Phi) is 6.09. The number of carbonyl (C=O) groups excluding carboxylic acids is 1. The molecule has 1 fully saturated rings. The van der Waals surface area contributed by atoms with Crippen LogP contribution >= 0.6 is 0 Å². The topological polar surface area (TPSA) is 66.5 Å². The first-order valence-corrected chi connectivity index (χ1v) is 12.1. The van der Waals surface area contributed by atoms with Crippen molar-refractivity contribution in [1.29, 1.82) is 0 Å². The molecule has 1 saturated heterocycles. The summed E-state index contributed by atoms with van der Waals surface area (Å²) in [5.74, 6) is 0.292. The van der Waals surface area contributed by atoms with Gasteiger partial charge in [0, 0.05) is 30.0 Å². The summed E-state index contributed by atoms with van der Waals surface area (Å²) in [5, 5.41) is 2.90. The quantitative estimate of drug-likeness (QED) is 0.608. The lowest BCUT2D eigenvalue weighted by molar-refractivity contribution is 0.102. The fraction of sp³-hybridized carbons (Fsp3) is 0.240. The molecule has 4 rings (SSSR count). The number of rotatable bonds is 6. The van der Waals surface area contributed by atoms with E-state index >= 15 is 0 Å². The van der Waals surface area contributed by atoms with Gasteiger partial charge in [-0.2, -0.15) is 0 Å².